The molecular weight excluding hydrogens is 342 g/mol. The van der Waals surface area contributed by atoms with Crippen molar-refractivity contribution in [2.45, 2.75) is 26.2 Å². The van der Waals surface area contributed by atoms with Crippen LogP contribution in [-0.4, -0.2) is 36.5 Å². The molecule has 2 amide bonds. The lowest BCUT2D eigenvalue weighted by Crippen LogP contribution is -2.34. The van der Waals surface area contributed by atoms with E-state index in [-0.39, 0.29) is 17.7 Å². The fourth-order valence-electron chi connectivity index (χ4n) is 2.63. The molecule has 142 valence electrons. The van der Waals surface area contributed by atoms with Gasteiger partial charge in [0.1, 0.15) is 0 Å². The molecule has 0 unspecified atom stereocenters. The molecule has 0 bridgehead atoms. The molecule has 0 spiro atoms. The predicted octanol–water partition coefficient (Wildman–Crippen LogP) is 2.68. The Morgan fingerprint density at radius 1 is 1.22 bits per heavy atom. The predicted molar refractivity (Wildman–Crippen MR) is 105 cm³/mol. The number of rotatable bonds is 9. The number of ether oxygens (including phenoxy) is 1. The number of pyridine rings is 1. The van der Waals surface area contributed by atoms with Gasteiger partial charge in [-0.05, 0) is 37.5 Å². The summed E-state index contributed by atoms with van der Waals surface area (Å²) in [6.07, 6.45) is 6.01. The largest absolute Gasteiger partial charge is 0.477 e. The molecule has 2 aromatic rings. The molecule has 2 N–H and O–H groups in total. The van der Waals surface area contributed by atoms with Gasteiger partial charge in [0.05, 0.1) is 12.1 Å². The maximum absolute atomic E-state index is 12.0. The van der Waals surface area contributed by atoms with Gasteiger partial charge in [-0.3, -0.25) is 9.59 Å². The Labute approximate surface area is 159 Å². The molecule has 0 aliphatic heterocycles. The van der Waals surface area contributed by atoms with Crippen LogP contribution in [0, 0.1) is 5.92 Å². The highest BCUT2D eigenvalue weighted by Crippen LogP contribution is 2.28. The SMILES string of the molecule is CCCOc1nc2ccccc2cc1C=CC(=O)NCCNC(=O)C1CC1. The van der Waals surface area contributed by atoms with Crippen LogP contribution in [0.15, 0.2) is 36.4 Å². The van der Waals surface area contributed by atoms with Gasteiger partial charge in [0.25, 0.3) is 0 Å². The first-order valence-electron chi connectivity index (χ1n) is 9.43. The number of hydrogen-bond acceptors (Lipinski definition) is 4. The molecule has 1 aromatic carbocycles. The van der Waals surface area contributed by atoms with Crippen LogP contribution in [0.3, 0.4) is 0 Å². The van der Waals surface area contributed by atoms with E-state index in [4.69, 9.17) is 4.74 Å². The van der Waals surface area contributed by atoms with E-state index < -0.39 is 0 Å². The number of para-hydroxylation sites is 1. The van der Waals surface area contributed by atoms with Crippen molar-refractivity contribution in [3.05, 3.63) is 42.0 Å². The van der Waals surface area contributed by atoms with E-state index in [9.17, 15) is 9.59 Å². The highest BCUT2D eigenvalue weighted by molar-refractivity contribution is 5.93. The summed E-state index contributed by atoms with van der Waals surface area (Å²) in [7, 11) is 0. The van der Waals surface area contributed by atoms with Gasteiger partial charge in [0.2, 0.25) is 17.7 Å². The molecule has 0 atom stereocenters. The normalized spacial score (nSPS) is 13.7. The van der Waals surface area contributed by atoms with Crippen molar-refractivity contribution in [3.63, 3.8) is 0 Å². The molecule has 27 heavy (non-hydrogen) atoms. The summed E-state index contributed by atoms with van der Waals surface area (Å²) in [6.45, 7) is 3.44. The second-order valence-corrected chi connectivity index (χ2v) is 6.61. The van der Waals surface area contributed by atoms with Gasteiger partial charge in [0.15, 0.2) is 0 Å². The summed E-state index contributed by atoms with van der Waals surface area (Å²) in [5.74, 6) is 0.573. The smallest absolute Gasteiger partial charge is 0.244 e. The minimum atomic E-state index is -0.217. The zero-order chi connectivity index (χ0) is 19.1. The summed E-state index contributed by atoms with van der Waals surface area (Å²) in [4.78, 5) is 28.1. The molecule has 1 heterocycles. The van der Waals surface area contributed by atoms with Gasteiger partial charge in [-0.25, -0.2) is 4.98 Å². The molecule has 1 aromatic heterocycles. The molecule has 1 saturated carbocycles. The Morgan fingerprint density at radius 2 is 2.00 bits per heavy atom. The van der Waals surface area contributed by atoms with E-state index in [2.05, 4.69) is 15.6 Å². The summed E-state index contributed by atoms with van der Waals surface area (Å²) >= 11 is 0. The maximum atomic E-state index is 12.0. The van der Waals surface area contributed by atoms with Crippen molar-refractivity contribution in [3.8, 4) is 5.88 Å². The van der Waals surface area contributed by atoms with Crippen LogP contribution in [0.25, 0.3) is 17.0 Å². The van der Waals surface area contributed by atoms with Crippen LogP contribution in [-0.2, 0) is 9.59 Å². The maximum Gasteiger partial charge on any atom is 0.244 e. The zero-order valence-corrected chi connectivity index (χ0v) is 15.5. The first kappa shape index (κ1) is 18.9. The third-order valence-electron chi connectivity index (χ3n) is 4.25. The topological polar surface area (TPSA) is 80.3 Å². The molecule has 0 saturated heterocycles. The molecule has 1 aliphatic carbocycles. The van der Waals surface area contributed by atoms with E-state index in [1.807, 2.05) is 37.3 Å². The highest BCUT2D eigenvalue weighted by atomic mass is 16.5. The zero-order valence-electron chi connectivity index (χ0n) is 15.5. The Morgan fingerprint density at radius 3 is 2.78 bits per heavy atom. The van der Waals surface area contributed by atoms with Crippen molar-refractivity contribution in [2.75, 3.05) is 19.7 Å². The second kappa shape index (κ2) is 9.16. The van der Waals surface area contributed by atoms with E-state index >= 15 is 0 Å². The molecule has 6 heteroatoms. The minimum absolute atomic E-state index is 0.0831. The van der Waals surface area contributed by atoms with Gasteiger partial charge in [-0.2, -0.15) is 0 Å². The third-order valence-corrected chi connectivity index (χ3v) is 4.25. The number of nitrogens with zero attached hydrogens (tertiary/aromatic N) is 1. The Kier molecular flexibility index (Phi) is 6.41. The fraction of sp³-hybridized carbons (Fsp3) is 0.381. The summed E-state index contributed by atoms with van der Waals surface area (Å²) in [5, 5.41) is 6.57. The summed E-state index contributed by atoms with van der Waals surface area (Å²) in [6, 6.07) is 9.76. The second-order valence-electron chi connectivity index (χ2n) is 6.61. The lowest BCUT2D eigenvalue weighted by atomic mass is 10.1. The molecular formula is C21H25N3O3. The lowest BCUT2D eigenvalue weighted by molar-refractivity contribution is -0.122. The number of hydrogen-bond donors (Lipinski definition) is 2. The molecule has 6 nitrogen and oxygen atoms in total. The number of benzene rings is 1. The van der Waals surface area contributed by atoms with Crippen molar-refractivity contribution in [1.82, 2.24) is 15.6 Å². The Balaban J connectivity index is 1.59. The fourth-order valence-corrected chi connectivity index (χ4v) is 2.63. The molecule has 1 aliphatic rings. The van der Waals surface area contributed by atoms with Crippen LogP contribution in [0.5, 0.6) is 5.88 Å². The first-order chi connectivity index (χ1) is 13.2. The number of amides is 2. The number of aromatic nitrogens is 1. The van der Waals surface area contributed by atoms with Crippen molar-refractivity contribution >= 4 is 28.8 Å². The summed E-state index contributed by atoms with van der Waals surface area (Å²) in [5.41, 5.74) is 1.62. The van der Waals surface area contributed by atoms with Crippen molar-refractivity contribution in [2.24, 2.45) is 5.92 Å². The average molecular weight is 367 g/mol. The van der Waals surface area contributed by atoms with E-state index in [1.54, 1.807) is 6.08 Å². The van der Waals surface area contributed by atoms with Crippen LogP contribution in [0.2, 0.25) is 0 Å². The van der Waals surface area contributed by atoms with Crippen LogP contribution >= 0.6 is 0 Å². The van der Waals surface area contributed by atoms with E-state index in [1.165, 1.54) is 6.08 Å². The molecule has 1 fully saturated rings. The quantitative estimate of drug-likeness (QED) is 0.527. The van der Waals surface area contributed by atoms with Crippen molar-refractivity contribution in [1.29, 1.82) is 0 Å². The average Bonchev–Trinajstić information content (AvgIpc) is 3.53. The number of carbonyl (C=O) groups is 2. The first-order valence-corrected chi connectivity index (χ1v) is 9.43. The van der Waals surface area contributed by atoms with Crippen molar-refractivity contribution < 1.29 is 14.3 Å². The van der Waals surface area contributed by atoms with Gasteiger partial charge in [-0.15, -0.1) is 0 Å². The number of fused-ring (bicyclic) bond motifs is 1. The minimum Gasteiger partial charge on any atom is -0.477 e. The van der Waals surface area contributed by atoms with Crippen LogP contribution in [0.1, 0.15) is 31.7 Å². The third kappa shape index (κ3) is 5.54. The monoisotopic (exact) mass is 367 g/mol. The highest BCUT2D eigenvalue weighted by Gasteiger charge is 2.28. The van der Waals surface area contributed by atoms with Gasteiger partial charge < -0.3 is 15.4 Å². The van der Waals surface area contributed by atoms with Gasteiger partial charge in [0, 0.05) is 36.0 Å². The standard InChI is InChI=1S/C21H25N3O3/c1-2-13-27-21-17(14-16-5-3-4-6-18(16)24-21)9-10-19(25)22-11-12-23-20(26)15-7-8-15/h3-6,9-10,14-15H,2,7-8,11-13H2,1H3,(H,22,25)(H,23,26). The van der Waals surface area contributed by atoms with Crippen LogP contribution in [0.4, 0.5) is 0 Å². The van der Waals surface area contributed by atoms with Crippen LogP contribution < -0.4 is 15.4 Å². The number of nitrogens with one attached hydrogen (secondary N) is 2. The lowest BCUT2D eigenvalue weighted by Gasteiger charge is -2.09. The summed E-state index contributed by atoms with van der Waals surface area (Å²) < 4.78 is 5.74. The van der Waals surface area contributed by atoms with E-state index in [0.717, 1.165) is 35.7 Å². The van der Waals surface area contributed by atoms with Gasteiger partial charge in [-0.1, -0.05) is 25.1 Å². The molecule has 0 radical (unpaired) electrons. The molecule has 3 rings (SSSR count). The Bertz CT molecular complexity index is 844. The number of carbonyl (C=O) groups excluding carboxylic acids is 2. The Hall–Kier alpha value is -2.89. The van der Waals surface area contributed by atoms with Gasteiger partial charge >= 0.3 is 0 Å². The van der Waals surface area contributed by atoms with E-state index in [0.29, 0.717) is 25.6 Å².